The molecule has 0 aliphatic rings. The van der Waals surface area contributed by atoms with Gasteiger partial charge in [-0.25, -0.2) is 4.39 Å². The molecular weight excluding hydrogens is 391 g/mol. The van der Waals surface area contributed by atoms with Gasteiger partial charge in [0.1, 0.15) is 5.82 Å². The first-order valence-corrected chi connectivity index (χ1v) is 9.29. The molecule has 0 radical (unpaired) electrons. The van der Waals surface area contributed by atoms with Crippen LogP contribution < -0.4 is 5.32 Å². The topological polar surface area (TPSA) is 66.5 Å². The van der Waals surface area contributed by atoms with Gasteiger partial charge >= 0.3 is 0 Å². The molecule has 0 heterocycles. The number of ketones is 1. The summed E-state index contributed by atoms with van der Waals surface area (Å²) in [6.45, 7) is 1.36. The quantitative estimate of drug-likeness (QED) is 0.577. The summed E-state index contributed by atoms with van der Waals surface area (Å²) in [5, 5.41) is 2.88. The molecule has 8 heteroatoms. The Bertz CT molecular complexity index is 903. The average Bonchev–Trinajstić information content (AvgIpc) is 2.60. The highest BCUT2D eigenvalue weighted by atomic mass is 35.5. The maximum Gasteiger partial charge on any atom is 0.254 e. The highest BCUT2D eigenvalue weighted by Gasteiger charge is 2.14. The van der Waals surface area contributed by atoms with Crippen molar-refractivity contribution < 1.29 is 18.8 Å². The maximum absolute atomic E-state index is 14.0. The van der Waals surface area contributed by atoms with Gasteiger partial charge in [-0.05, 0) is 37.3 Å². The minimum Gasteiger partial charge on any atom is -0.345 e. The molecule has 0 atom stereocenters. The summed E-state index contributed by atoms with van der Waals surface area (Å²) in [5.41, 5.74) is 1.05. The van der Waals surface area contributed by atoms with E-state index in [9.17, 15) is 18.8 Å². The van der Waals surface area contributed by atoms with E-state index >= 15 is 0 Å². The lowest BCUT2D eigenvalue weighted by molar-refractivity contribution is -0.113. The first kappa shape index (κ1) is 20.9. The van der Waals surface area contributed by atoms with E-state index in [1.54, 1.807) is 20.2 Å². The van der Waals surface area contributed by atoms with E-state index in [1.807, 2.05) is 0 Å². The third-order valence-electron chi connectivity index (χ3n) is 3.59. The van der Waals surface area contributed by atoms with Crippen LogP contribution in [0.15, 0.2) is 41.3 Å². The van der Waals surface area contributed by atoms with Gasteiger partial charge in [0, 0.05) is 30.2 Å². The summed E-state index contributed by atoms with van der Waals surface area (Å²) in [5.74, 6) is -1.38. The number of hydrogen-bond acceptors (Lipinski definition) is 4. The fraction of sp³-hybridized carbons (Fsp3) is 0.211. The van der Waals surface area contributed by atoms with E-state index < -0.39 is 5.82 Å². The number of rotatable bonds is 6. The Morgan fingerprint density at radius 1 is 1.15 bits per heavy atom. The van der Waals surface area contributed by atoms with Crippen LogP contribution in [-0.4, -0.2) is 42.3 Å². The van der Waals surface area contributed by atoms with Crippen molar-refractivity contribution in [1.82, 2.24) is 4.90 Å². The fourth-order valence-corrected chi connectivity index (χ4v) is 3.17. The number of carbonyl (C=O) groups excluding carboxylic acids is 3. The zero-order valence-corrected chi connectivity index (χ0v) is 16.6. The second kappa shape index (κ2) is 9.01. The van der Waals surface area contributed by atoms with Gasteiger partial charge < -0.3 is 10.2 Å². The number of carbonyl (C=O) groups is 3. The number of anilines is 1. The third kappa shape index (κ3) is 5.55. The van der Waals surface area contributed by atoms with Gasteiger partial charge in [0.15, 0.2) is 5.78 Å². The number of nitrogens with one attached hydrogen (secondary N) is 1. The molecule has 142 valence electrons. The summed E-state index contributed by atoms with van der Waals surface area (Å²) in [6.07, 6.45) is 0. The molecule has 2 aromatic carbocycles. The molecule has 0 unspecified atom stereocenters. The van der Waals surface area contributed by atoms with E-state index in [1.165, 1.54) is 36.1 Å². The number of nitrogens with zero attached hydrogens (tertiary/aromatic N) is 1. The first-order chi connectivity index (χ1) is 12.7. The normalized spacial score (nSPS) is 10.4. The van der Waals surface area contributed by atoms with Gasteiger partial charge in [0.05, 0.1) is 16.3 Å². The molecule has 27 heavy (non-hydrogen) atoms. The lowest BCUT2D eigenvalue weighted by Gasteiger charge is -2.13. The molecule has 0 saturated heterocycles. The van der Waals surface area contributed by atoms with Crippen LogP contribution in [0.3, 0.4) is 0 Å². The lowest BCUT2D eigenvalue weighted by Crippen LogP contribution is -2.22. The van der Waals surface area contributed by atoms with Crippen LogP contribution in [0, 0.1) is 5.82 Å². The van der Waals surface area contributed by atoms with Crippen molar-refractivity contribution in [2.24, 2.45) is 0 Å². The number of hydrogen-bond donors (Lipinski definition) is 1. The fourth-order valence-electron chi connectivity index (χ4n) is 2.18. The molecule has 0 saturated carbocycles. The highest BCUT2D eigenvalue weighted by Crippen LogP contribution is 2.25. The SMILES string of the molecule is CC(=O)c1ccc(SCC(=O)Nc2ccc(C(=O)N(C)C)c(Cl)c2)c(F)c1. The molecule has 0 fully saturated rings. The van der Waals surface area contributed by atoms with Crippen molar-refractivity contribution in [3.05, 3.63) is 58.4 Å². The van der Waals surface area contributed by atoms with E-state index in [0.717, 1.165) is 17.8 Å². The van der Waals surface area contributed by atoms with Crippen LogP contribution in [0.2, 0.25) is 5.02 Å². The Balaban J connectivity index is 1.99. The van der Waals surface area contributed by atoms with Crippen molar-refractivity contribution in [3.63, 3.8) is 0 Å². The number of benzene rings is 2. The summed E-state index contributed by atoms with van der Waals surface area (Å²) >= 11 is 7.12. The molecule has 5 nitrogen and oxygen atoms in total. The van der Waals surface area contributed by atoms with Crippen molar-refractivity contribution in [2.75, 3.05) is 25.2 Å². The van der Waals surface area contributed by atoms with Crippen molar-refractivity contribution in [1.29, 1.82) is 0 Å². The van der Waals surface area contributed by atoms with Gasteiger partial charge in [-0.2, -0.15) is 0 Å². The van der Waals surface area contributed by atoms with Gasteiger partial charge in [-0.3, -0.25) is 14.4 Å². The van der Waals surface area contributed by atoms with Gasteiger partial charge in [0.2, 0.25) is 5.91 Å². The summed E-state index contributed by atoms with van der Waals surface area (Å²) in [6, 6.07) is 8.75. The van der Waals surface area contributed by atoms with Crippen molar-refractivity contribution >= 4 is 46.6 Å². The highest BCUT2D eigenvalue weighted by molar-refractivity contribution is 8.00. The van der Waals surface area contributed by atoms with Crippen molar-refractivity contribution in [3.8, 4) is 0 Å². The molecule has 0 spiro atoms. The number of amides is 2. The average molecular weight is 409 g/mol. The largest absolute Gasteiger partial charge is 0.345 e. The van der Waals surface area contributed by atoms with E-state index in [2.05, 4.69) is 5.32 Å². The zero-order valence-electron chi connectivity index (χ0n) is 15.0. The van der Waals surface area contributed by atoms with Crippen molar-refractivity contribution in [2.45, 2.75) is 11.8 Å². The molecule has 0 bridgehead atoms. The maximum atomic E-state index is 14.0. The second-order valence-corrected chi connectivity index (χ2v) is 7.36. The monoisotopic (exact) mass is 408 g/mol. The van der Waals surface area contributed by atoms with Gasteiger partial charge in [-0.15, -0.1) is 11.8 Å². The Kier molecular flexibility index (Phi) is 6.98. The van der Waals surface area contributed by atoms with E-state index in [-0.39, 0.29) is 38.8 Å². The van der Waals surface area contributed by atoms with E-state index in [0.29, 0.717) is 11.3 Å². The van der Waals surface area contributed by atoms with Crippen LogP contribution >= 0.6 is 23.4 Å². The molecule has 0 aromatic heterocycles. The van der Waals surface area contributed by atoms with Crippen LogP contribution in [0.5, 0.6) is 0 Å². The molecule has 1 N–H and O–H groups in total. The molecule has 0 aliphatic heterocycles. The summed E-state index contributed by atoms with van der Waals surface area (Å²) in [7, 11) is 3.24. The summed E-state index contributed by atoms with van der Waals surface area (Å²) in [4.78, 5) is 37.0. The molecule has 2 amide bonds. The minimum absolute atomic E-state index is 0.0215. The number of thioether (sulfide) groups is 1. The zero-order chi connectivity index (χ0) is 20.1. The van der Waals surface area contributed by atoms with Crippen LogP contribution in [0.1, 0.15) is 27.6 Å². The number of halogens is 2. The first-order valence-electron chi connectivity index (χ1n) is 7.93. The van der Waals surface area contributed by atoms with Gasteiger partial charge in [-0.1, -0.05) is 17.7 Å². The Hall–Kier alpha value is -2.38. The van der Waals surface area contributed by atoms with Gasteiger partial charge in [0.25, 0.3) is 5.91 Å². The standard InChI is InChI=1S/C19H18ClFN2O3S/c1-11(24)12-4-7-17(16(21)8-12)27-10-18(25)22-13-5-6-14(15(20)9-13)19(26)23(2)3/h4-9H,10H2,1-3H3,(H,22,25). The molecule has 2 rings (SSSR count). The predicted octanol–water partition coefficient (Wildman–Crippen LogP) is 4.11. The Morgan fingerprint density at radius 2 is 1.85 bits per heavy atom. The van der Waals surface area contributed by atoms with Crippen LogP contribution in [0.25, 0.3) is 0 Å². The van der Waals surface area contributed by atoms with Crippen LogP contribution in [0.4, 0.5) is 10.1 Å². The third-order valence-corrected chi connectivity index (χ3v) is 4.95. The number of Topliss-reactive ketones (excluding diaryl/α,β-unsaturated/α-hetero) is 1. The minimum atomic E-state index is -0.546. The lowest BCUT2D eigenvalue weighted by atomic mass is 10.1. The second-order valence-electron chi connectivity index (χ2n) is 5.93. The van der Waals surface area contributed by atoms with E-state index in [4.69, 9.17) is 11.6 Å². The summed E-state index contributed by atoms with van der Waals surface area (Å²) < 4.78 is 14.0. The predicted molar refractivity (Wildman–Crippen MR) is 105 cm³/mol. The molecular formula is C19H18ClFN2O3S. The Morgan fingerprint density at radius 3 is 2.41 bits per heavy atom. The Labute approximate surface area is 165 Å². The smallest absolute Gasteiger partial charge is 0.254 e. The molecule has 0 aliphatic carbocycles. The van der Waals surface area contributed by atoms with Crippen LogP contribution in [-0.2, 0) is 4.79 Å². The molecule has 2 aromatic rings.